The zero-order chi connectivity index (χ0) is 16.8. The molecular formula is C17H22N2O3S2. The molecule has 3 rings (SSSR count). The van der Waals surface area contributed by atoms with Crippen LogP contribution in [-0.2, 0) is 21.2 Å². The van der Waals surface area contributed by atoms with Crippen LogP contribution in [0.25, 0.3) is 0 Å². The van der Waals surface area contributed by atoms with Crippen LogP contribution < -0.4 is 9.62 Å². The quantitative estimate of drug-likeness (QED) is 0.765. The minimum atomic E-state index is -3.34. The molecule has 0 saturated carbocycles. The third kappa shape index (κ3) is 4.57. The molecule has 0 radical (unpaired) electrons. The van der Waals surface area contributed by atoms with Crippen LogP contribution >= 0.6 is 11.3 Å². The maximum Gasteiger partial charge on any atom is 0.250 e. The van der Waals surface area contributed by atoms with Crippen molar-refractivity contribution in [2.45, 2.75) is 17.1 Å². The molecule has 0 aliphatic carbocycles. The minimum Gasteiger partial charge on any atom is -0.378 e. The van der Waals surface area contributed by atoms with Crippen molar-refractivity contribution in [3.05, 3.63) is 47.3 Å². The van der Waals surface area contributed by atoms with Gasteiger partial charge < -0.3 is 9.64 Å². The predicted molar refractivity (Wildman–Crippen MR) is 97.3 cm³/mol. The maximum atomic E-state index is 12.0. The van der Waals surface area contributed by atoms with E-state index in [1.54, 1.807) is 17.5 Å². The van der Waals surface area contributed by atoms with Crippen LogP contribution in [0.2, 0.25) is 0 Å². The third-order valence-electron chi connectivity index (χ3n) is 4.01. The van der Waals surface area contributed by atoms with Gasteiger partial charge in [0.2, 0.25) is 10.0 Å². The molecule has 0 spiro atoms. The van der Waals surface area contributed by atoms with Crippen molar-refractivity contribution in [3.8, 4) is 0 Å². The molecule has 130 valence electrons. The van der Waals surface area contributed by atoms with E-state index in [4.69, 9.17) is 4.74 Å². The number of nitrogens with one attached hydrogen (secondary N) is 1. The number of rotatable bonds is 7. The minimum absolute atomic E-state index is 0.373. The predicted octanol–water partition coefficient (Wildman–Crippen LogP) is 2.50. The number of hydrogen-bond acceptors (Lipinski definition) is 5. The Bertz CT molecular complexity index is 722. The van der Waals surface area contributed by atoms with E-state index in [9.17, 15) is 8.42 Å². The molecule has 2 aromatic rings. The molecule has 2 heterocycles. The fourth-order valence-electron chi connectivity index (χ4n) is 2.68. The van der Waals surface area contributed by atoms with Gasteiger partial charge in [-0.15, -0.1) is 11.3 Å². The number of ether oxygens (including phenoxy) is 1. The first-order valence-electron chi connectivity index (χ1n) is 8.10. The monoisotopic (exact) mass is 366 g/mol. The van der Waals surface area contributed by atoms with Crippen molar-refractivity contribution >= 4 is 27.0 Å². The van der Waals surface area contributed by atoms with E-state index >= 15 is 0 Å². The zero-order valence-electron chi connectivity index (χ0n) is 13.5. The van der Waals surface area contributed by atoms with Crippen molar-refractivity contribution in [3.63, 3.8) is 0 Å². The number of anilines is 1. The number of hydrogen-bond donors (Lipinski definition) is 1. The summed E-state index contributed by atoms with van der Waals surface area (Å²) in [6, 6.07) is 11.9. The molecule has 1 aromatic heterocycles. The van der Waals surface area contributed by atoms with Gasteiger partial charge >= 0.3 is 0 Å². The largest absolute Gasteiger partial charge is 0.378 e. The van der Waals surface area contributed by atoms with Gasteiger partial charge in [0.25, 0.3) is 0 Å². The molecule has 1 saturated heterocycles. The Morgan fingerprint density at radius 2 is 1.88 bits per heavy atom. The highest BCUT2D eigenvalue weighted by atomic mass is 32.2. The van der Waals surface area contributed by atoms with Gasteiger partial charge in [0.1, 0.15) is 4.21 Å². The van der Waals surface area contributed by atoms with E-state index in [1.807, 2.05) is 0 Å². The smallest absolute Gasteiger partial charge is 0.250 e. The van der Waals surface area contributed by atoms with E-state index in [0.717, 1.165) is 39.1 Å². The molecule has 7 heteroatoms. The molecule has 1 aliphatic heterocycles. The highest BCUT2D eigenvalue weighted by molar-refractivity contribution is 7.91. The lowest BCUT2D eigenvalue weighted by atomic mass is 10.1. The number of thiophene rings is 1. The first kappa shape index (κ1) is 17.4. The van der Waals surface area contributed by atoms with Gasteiger partial charge in [-0.1, -0.05) is 18.2 Å². The molecule has 0 unspecified atom stereocenters. The van der Waals surface area contributed by atoms with Crippen LogP contribution in [-0.4, -0.2) is 41.3 Å². The second kappa shape index (κ2) is 8.11. The molecular weight excluding hydrogens is 344 g/mol. The second-order valence-corrected chi connectivity index (χ2v) is 8.64. The normalized spacial score (nSPS) is 15.6. The standard InChI is InChI=1S/C17H22N2O3S2/c20-24(21,17-4-2-14-23-17)18-9-1-3-15-5-7-16(8-6-15)19-10-12-22-13-11-19/h2,4-8,14,18H,1,3,9-13H2. The van der Waals surface area contributed by atoms with Crippen LogP contribution in [0.4, 0.5) is 5.69 Å². The fraction of sp³-hybridized carbons (Fsp3) is 0.412. The summed E-state index contributed by atoms with van der Waals surface area (Å²) >= 11 is 1.24. The van der Waals surface area contributed by atoms with E-state index in [-0.39, 0.29) is 0 Å². The van der Waals surface area contributed by atoms with Crippen LogP contribution in [0.1, 0.15) is 12.0 Å². The lowest BCUT2D eigenvalue weighted by Gasteiger charge is -2.28. The molecule has 1 aliphatic rings. The van der Waals surface area contributed by atoms with Crippen molar-refractivity contribution in [2.75, 3.05) is 37.7 Å². The second-order valence-electron chi connectivity index (χ2n) is 5.70. The molecule has 0 amide bonds. The van der Waals surface area contributed by atoms with E-state index in [1.165, 1.54) is 22.6 Å². The topological polar surface area (TPSA) is 58.6 Å². The summed E-state index contributed by atoms with van der Waals surface area (Å²) in [5.41, 5.74) is 2.45. The summed E-state index contributed by atoms with van der Waals surface area (Å²) in [6.07, 6.45) is 1.64. The Morgan fingerprint density at radius 1 is 1.12 bits per heavy atom. The van der Waals surface area contributed by atoms with Gasteiger partial charge in [0, 0.05) is 25.3 Å². The van der Waals surface area contributed by atoms with Gasteiger partial charge in [-0.3, -0.25) is 0 Å². The Balaban J connectivity index is 1.45. The van der Waals surface area contributed by atoms with Gasteiger partial charge in [0.05, 0.1) is 13.2 Å². The average Bonchev–Trinajstić information content (AvgIpc) is 3.16. The molecule has 1 aromatic carbocycles. The highest BCUT2D eigenvalue weighted by Crippen LogP contribution is 2.18. The third-order valence-corrected chi connectivity index (χ3v) is 6.87. The SMILES string of the molecule is O=S(=O)(NCCCc1ccc(N2CCOCC2)cc1)c1cccs1. The molecule has 5 nitrogen and oxygen atoms in total. The zero-order valence-corrected chi connectivity index (χ0v) is 15.1. The molecule has 0 bridgehead atoms. The van der Waals surface area contributed by atoms with Crippen LogP contribution in [0.15, 0.2) is 46.0 Å². The van der Waals surface area contributed by atoms with E-state index in [0.29, 0.717) is 10.8 Å². The first-order chi connectivity index (χ1) is 11.6. The summed E-state index contributed by atoms with van der Waals surface area (Å²) in [6.45, 7) is 3.89. The van der Waals surface area contributed by atoms with Crippen molar-refractivity contribution < 1.29 is 13.2 Å². The Morgan fingerprint density at radius 3 is 2.54 bits per heavy atom. The summed E-state index contributed by atoms with van der Waals surface area (Å²) < 4.78 is 32.4. The van der Waals surface area contributed by atoms with Gasteiger partial charge in [-0.2, -0.15) is 0 Å². The summed E-state index contributed by atoms with van der Waals surface area (Å²) in [4.78, 5) is 2.32. The van der Waals surface area contributed by atoms with Crippen molar-refractivity contribution in [1.82, 2.24) is 4.72 Å². The number of morpholine rings is 1. The Labute approximate surface area is 147 Å². The van der Waals surface area contributed by atoms with Crippen LogP contribution in [0.3, 0.4) is 0 Å². The first-order valence-corrected chi connectivity index (χ1v) is 10.5. The summed E-state index contributed by atoms with van der Waals surface area (Å²) in [5, 5.41) is 1.77. The van der Waals surface area contributed by atoms with E-state index < -0.39 is 10.0 Å². The molecule has 24 heavy (non-hydrogen) atoms. The Kier molecular flexibility index (Phi) is 5.89. The van der Waals surface area contributed by atoms with Gasteiger partial charge in [0.15, 0.2) is 0 Å². The van der Waals surface area contributed by atoms with Crippen molar-refractivity contribution in [1.29, 1.82) is 0 Å². The van der Waals surface area contributed by atoms with Gasteiger partial charge in [-0.25, -0.2) is 13.1 Å². The molecule has 1 N–H and O–H groups in total. The van der Waals surface area contributed by atoms with Crippen LogP contribution in [0, 0.1) is 0 Å². The lowest BCUT2D eigenvalue weighted by molar-refractivity contribution is 0.122. The van der Waals surface area contributed by atoms with E-state index in [2.05, 4.69) is 33.9 Å². The maximum absolute atomic E-state index is 12.0. The van der Waals surface area contributed by atoms with Crippen molar-refractivity contribution in [2.24, 2.45) is 0 Å². The summed E-state index contributed by atoms with van der Waals surface area (Å²) in [5.74, 6) is 0. The number of nitrogens with zero attached hydrogens (tertiary/aromatic N) is 1. The number of aryl methyl sites for hydroxylation is 1. The number of benzene rings is 1. The molecule has 0 atom stereocenters. The molecule has 1 fully saturated rings. The van der Waals surface area contributed by atoms with Gasteiger partial charge in [-0.05, 0) is 42.0 Å². The average molecular weight is 367 g/mol. The van der Waals surface area contributed by atoms with Crippen LogP contribution in [0.5, 0.6) is 0 Å². The Hall–Kier alpha value is -1.41. The summed E-state index contributed by atoms with van der Waals surface area (Å²) in [7, 11) is -3.34. The highest BCUT2D eigenvalue weighted by Gasteiger charge is 2.14. The fourth-order valence-corrected chi connectivity index (χ4v) is 4.79. The lowest BCUT2D eigenvalue weighted by Crippen LogP contribution is -2.36. The number of sulfonamides is 1.